The van der Waals surface area contributed by atoms with Crippen LogP contribution in [0.2, 0.25) is 0 Å². The van der Waals surface area contributed by atoms with E-state index in [1.165, 1.54) is 0 Å². The molecule has 24 heavy (non-hydrogen) atoms. The lowest BCUT2D eigenvalue weighted by Gasteiger charge is -2.07. The molecule has 0 spiro atoms. The monoisotopic (exact) mass is 317 g/mol. The quantitative estimate of drug-likeness (QED) is 0.566. The molecular weight excluding hydrogens is 302 g/mol. The van der Waals surface area contributed by atoms with Crippen LogP contribution in [0.25, 0.3) is 22.4 Å². The predicted molar refractivity (Wildman–Crippen MR) is 90.5 cm³/mol. The second-order valence-electron chi connectivity index (χ2n) is 5.23. The Balaban J connectivity index is 1.39. The minimum atomic E-state index is 0.498. The third-order valence-electron chi connectivity index (χ3n) is 3.66. The van der Waals surface area contributed by atoms with Crippen LogP contribution in [0.1, 0.15) is 0 Å². The van der Waals surface area contributed by atoms with Crippen molar-refractivity contribution in [1.82, 2.24) is 24.5 Å². The van der Waals surface area contributed by atoms with Gasteiger partial charge in [-0.2, -0.15) is 0 Å². The van der Waals surface area contributed by atoms with Crippen LogP contribution in [0.4, 0.5) is 0 Å². The zero-order chi connectivity index (χ0) is 16.2. The molecule has 3 aromatic heterocycles. The molecule has 0 N–H and O–H groups in total. The van der Waals surface area contributed by atoms with E-state index in [9.17, 15) is 0 Å². The van der Waals surface area contributed by atoms with Crippen LogP contribution in [0.5, 0.6) is 5.88 Å². The summed E-state index contributed by atoms with van der Waals surface area (Å²) in [5.74, 6) is 0.499. The number of imidazole rings is 1. The van der Waals surface area contributed by atoms with Gasteiger partial charge in [-0.3, -0.25) is 4.98 Å². The molecule has 4 aromatic rings. The largest absolute Gasteiger partial charge is 0.475 e. The second kappa shape index (κ2) is 6.45. The molecule has 1 aromatic carbocycles. The Morgan fingerprint density at radius 2 is 1.75 bits per heavy atom. The molecule has 0 fully saturated rings. The van der Waals surface area contributed by atoms with Gasteiger partial charge in [0.25, 0.3) is 0 Å². The van der Waals surface area contributed by atoms with Gasteiger partial charge in [-0.25, -0.2) is 15.0 Å². The zero-order valence-electron chi connectivity index (χ0n) is 12.9. The van der Waals surface area contributed by atoms with E-state index in [-0.39, 0.29) is 0 Å². The molecule has 0 amide bonds. The van der Waals surface area contributed by atoms with Crippen LogP contribution in [-0.4, -0.2) is 31.1 Å². The molecule has 0 saturated carbocycles. The highest BCUT2D eigenvalue weighted by atomic mass is 16.5. The first-order chi connectivity index (χ1) is 11.9. The molecule has 118 valence electrons. The van der Waals surface area contributed by atoms with Gasteiger partial charge in [0.1, 0.15) is 12.3 Å². The summed E-state index contributed by atoms with van der Waals surface area (Å²) < 4.78 is 7.74. The Kier molecular flexibility index (Phi) is 3.85. The van der Waals surface area contributed by atoms with Crippen LogP contribution < -0.4 is 4.74 Å². The summed E-state index contributed by atoms with van der Waals surface area (Å²) in [5, 5.41) is 0. The number of hydrogen-bond acceptors (Lipinski definition) is 5. The normalized spacial score (nSPS) is 10.8. The third kappa shape index (κ3) is 2.94. The van der Waals surface area contributed by atoms with Gasteiger partial charge in [-0.1, -0.05) is 18.2 Å². The maximum absolute atomic E-state index is 5.68. The molecule has 6 heteroatoms. The van der Waals surface area contributed by atoms with E-state index < -0.39 is 0 Å². The molecule has 0 radical (unpaired) electrons. The lowest BCUT2D eigenvalue weighted by Crippen LogP contribution is -2.08. The topological polar surface area (TPSA) is 65.7 Å². The molecule has 6 nitrogen and oxygen atoms in total. The summed E-state index contributed by atoms with van der Waals surface area (Å²) in [7, 11) is 0. The predicted octanol–water partition coefficient (Wildman–Crippen LogP) is 2.97. The van der Waals surface area contributed by atoms with Crippen LogP contribution in [-0.2, 0) is 6.54 Å². The average Bonchev–Trinajstić information content (AvgIpc) is 3.06. The van der Waals surface area contributed by atoms with Crippen molar-refractivity contribution in [3.05, 3.63) is 67.4 Å². The Labute approximate surface area is 138 Å². The van der Waals surface area contributed by atoms with Crippen molar-refractivity contribution in [2.75, 3.05) is 6.61 Å². The lowest BCUT2D eigenvalue weighted by atomic mass is 10.3. The van der Waals surface area contributed by atoms with Crippen LogP contribution in [0.15, 0.2) is 67.4 Å². The number of ether oxygens (including phenoxy) is 1. The van der Waals surface area contributed by atoms with Gasteiger partial charge in [0.05, 0.1) is 42.0 Å². The Morgan fingerprint density at radius 3 is 2.58 bits per heavy atom. The van der Waals surface area contributed by atoms with E-state index in [0.29, 0.717) is 19.0 Å². The Bertz CT molecular complexity index is 934. The molecule has 0 atom stereocenters. The smallest absolute Gasteiger partial charge is 0.232 e. The molecule has 0 saturated heterocycles. The average molecular weight is 317 g/mol. The zero-order valence-corrected chi connectivity index (χ0v) is 12.9. The maximum Gasteiger partial charge on any atom is 0.232 e. The van der Waals surface area contributed by atoms with Crippen molar-refractivity contribution in [2.24, 2.45) is 0 Å². The van der Waals surface area contributed by atoms with Gasteiger partial charge in [0.2, 0.25) is 5.88 Å². The van der Waals surface area contributed by atoms with Gasteiger partial charge in [-0.05, 0) is 24.3 Å². The van der Waals surface area contributed by atoms with Crippen molar-refractivity contribution in [3.8, 4) is 17.3 Å². The van der Waals surface area contributed by atoms with Crippen molar-refractivity contribution >= 4 is 11.0 Å². The highest BCUT2D eigenvalue weighted by molar-refractivity contribution is 5.74. The van der Waals surface area contributed by atoms with Crippen molar-refractivity contribution in [2.45, 2.75) is 6.54 Å². The number of nitrogens with zero attached hydrogens (tertiary/aromatic N) is 5. The van der Waals surface area contributed by atoms with E-state index in [4.69, 9.17) is 4.74 Å². The third-order valence-corrected chi connectivity index (χ3v) is 3.66. The van der Waals surface area contributed by atoms with Crippen LogP contribution in [0, 0.1) is 0 Å². The summed E-state index contributed by atoms with van der Waals surface area (Å²) in [4.78, 5) is 17.2. The van der Waals surface area contributed by atoms with E-state index in [1.54, 1.807) is 18.6 Å². The number of hydrogen-bond donors (Lipinski definition) is 0. The first kappa shape index (κ1) is 14.3. The van der Waals surface area contributed by atoms with Crippen molar-refractivity contribution < 1.29 is 4.74 Å². The number of rotatable bonds is 5. The molecule has 4 rings (SSSR count). The van der Waals surface area contributed by atoms with Gasteiger partial charge < -0.3 is 9.30 Å². The summed E-state index contributed by atoms with van der Waals surface area (Å²) in [6, 6.07) is 13.7. The number of benzene rings is 1. The summed E-state index contributed by atoms with van der Waals surface area (Å²) in [5.41, 5.74) is 3.60. The second-order valence-corrected chi connectivity index (χ2v) is 5.23. The number of aromatic nitrogens is 5. The van der Waals surface area contributed by atoms with Crippen molar-refractivity contribution in [1.29, 1.82) is 0 Å². The standard InChI is InChI=1S/C18H15N5O/c1-2-7-17-15(6-1)22-13-23(17)9-10-24-18-12-20-16(11-21-18)14-5-3-4-8-19-14/h1-8,11-13H,9-10H2. The first-order valence-electron chi connectivity index (χ1n) is 7.66. The van der Waals surface area contributed by atoms with E-state index in [1.807, 2.05) is 48.8 Å². The molecule has 0 aliphatic rings. The summed E-state index contributed by atoms with van der Waals surface area (Å²) >= 11 is 0. The molecule has 0 aliphatic heterocycles. The molecular formula is C18H15N5O. The van der Waals surface area contributed by atoms with Gasteiger partial charge >= 0.3 is 0 Å². The minimum Gasteiger partial charge on any atom is -0.475 e. The SMILES string of the molecule is c1ccc(-c2cnc(OCCn3cnc4ccccc43)cn2)nc1. The summed E-state index contributed by atoms with van der Waals surface area (Å²) in [6.07, 6.45) is 6.85. The van der Waals surface area contributed by atoms with Gasteiger partial charge in [-0.15, -0.1) is 0 Å². The first-order valence-corrected chi connectivity index (χ1v) is 7.66. The Morgan fingerprint density at radius 1 is 0.833 bits per heavy atom. The minimum absolute atomic E-state index is 0.498. The fourth-order valence-corrected chi connectivity index (χ4v) is 2.47. The fourth-order valence-electron chi connectivity index (χ4n) is 2.47. The van der Waals surface area contributed by atoms with E-state index in [2.05, 4.69) is 24.5 Å². The van der Waals surface area contributed by atoms with Gasteiger partial charge in [0, 0.05) is 6.20 Å². The highest BCUT2D eigenvalue weighted by Crippen LogP contribution is 2.15. The van der Waals surface area contributed by atoms with Gasteiger partial charge in [0.15, 0.2) is 0 Å². The van der Waals surface area contributed by atoms with Crippen molar-refractivity contribution in [3.63, 3.8) is 0 Å². The number of pyridine rings is 1. The number of para-hydroxylation sites is 2. The van der Waals surface area contributed by atoms with E-state index in [0.717, 1.165) is 22.4 Å². The number of fused-ring (bicyclic) bond motifs is 1. The molecule has 0 aliphatic carbocycles. The summed E-state index contributed by atoms with van der Waals surface area (Å²) in [6.45, 7) is 1.20. The Hall–Kier alpha value is -3.28. The van der Waals surface area contributed by atoms with Crippen LogP contribution in [0.3, 0.4) is 0 Å². The highest BCUT2D eigenvalue weighted by Gasteiger charge is 2.04. The van der Waals surface area contributed by atoms with Crippen LogP contribution >= 0.6 is 0 Å². The molecule has 0 bridgehead atoms. The maximum atomic E-state index is 5.68. The lowest BCUT2D eigenvalue weighted by molar-refractivity contribution is 0.288. The van der Waals surface area contributed by atoms with E-state index >= 15 is 0 Å². The fraction of sp³-hybridized carbons (Fsp3) is 0.111. The molecule has 0 unspecified atom stereocenters. The molecule has 3 heterocycles.